The average molecular weight is 2230 g/mol. The SMILES string of the molecule is CCC#CCC(=O)OC[C@H](COP(=O)(O)OCC[N+](C)(C)C)OC(=O)CC#CCC.CCC#CCC(=O)OC[C@H](COP(=O)([O-])OCC[N+](C)(C)C)OC(=O)CC#CCC.CCC#CCC(=O)OC[C@H](COP(=O)([O-])OCC[N+](C)(C)C)OC(=O)CC#CCC.CCC#CCC(=O)OC[C@H](COP(=O)([O-])OCC[N+](C)(C)C)OC(=O)CC#CCC.CCC#CCC(=O)OC[C@H](COP(=O)([O-])OCC[N+](C)(C)C)OC(=O)CC#CCC. The van der Waals surface area contributed by atoms with E-state index in [1.54, 1.807) is 0 Å². The van der Waals surface area contributed by atoms with Gasteiger partial charge in [0.25, 0.3) is 31.3 Å². The Hall–Kier alpha value is -9.35. The van der Waals surface area contributed by atoms with Gasteiger partial charge in [-0.05, 0) is 0 Å². The molecule has 0 rings (SSSR count). The van der Waals surface area contributed by atoms with Gasteiger partial charge >= 0.3 is 67.5 Å². The van der Waals surface area contributed by atoms with Crippen LogP contribution in [0.3, 0.4) is 0 Å². The van der Waals surface area contributed by atoms with Crippen molar-refractivity contribution in [2.75, 3.05) is 238 Å². The van der Waals surface area contributed by atoms with Crippen LogP contribution in [0.15, 0.2) is 0 Å². The van der Waals surface area contributed by atoms with Gasteiger partial charge in [-0.15, -0.1) is 59.2 Å². The van der Waals surface area contributed by atoms with E-state index in [0.29, 0.717) is 119 Å². The maximum atomic E-state index is 12.0. The summed E-state index contributed by atoms with van der Waals surface area (Å²) in [6.07, 6.45) is -1.09. The standard InChI is InChI=1S/5C20H32NO8P/c5*1-6-8-10-12-19(22)26-16-18(29-20(23)13-11-9-7-2)17-28-30(24,25)27-15-14-21(3,4)5/h5*18H,6-7,12-17H2,1-5H3/p+1/t5*18-/m11111/s1. The number of hydrogen-bond acceptors (Lipinski definition) is 39. The van der Waals surface area contributed by atoms with Crippen molar-refractivity contribution in [3.8, 4) is 118 Å². The third-order valence-electron chi connectivity index (χ3n) is 16.1. The van der Waals surface area contributed by atoms with Crippen molar-refractivity contribution < 1.29 is 210 Å². The Kier molecular flexibility index (Phi) is 86.5. The number of quaternary nitrogens is 5. The average Bonchev–Trinajstić information content (AvgIpc) is 0.912. The van der Waals surface area contributed by atoms with Gasteiger partial charge in [-0.2, -0.15) is 0 Å². The lowest BCUT2D eigenvalue weighted by Crippen LogP contribution is -2.37. The van der Waals surface area contributed by atoms with E-state index in [-0.39, 0.29) is 130 Å². The monoisotopic (exact) mass is 2230 g/mol. The fourth-order valence-electron chi connectivity index (χ4n) is 8.70. The predicted octanol–water partition coefficient (Wildman–Crippen LogP) is 6.91. The van der Waals surface area contributed by atoms with E-state index in [1.807, 2.05) is 175 Å². The van der Waals surface area contributed by atoms with E-state index in [1.165, 1.54) is 0 Å². The zero-order valence-corrected chi connectivity index (χ0v) is 96.5. The molecule has 5 unspecified atom stereocenters. The molecule has 0 aliphatic heterocycles. The second-order valence-corrected chi connectivity index (χ2v) is 42.9. The normalized spacial score (nSPS) is 13.7. The largest absolute Gasteiger partial charge is 0.756 e. The van der Waals surface area contributed by atoms with Gasteiger partial charge in [-0.1, -0.05) is 128 Å². The van der Waals surface area contributed by atoms with Crippen LogP contribution in [0.2, 0.25) is 0 Å². The molecule has 0 aliphatic carbocycles. The van der Waals surface area contributed by atoms with E-state index in [2.05, 4.69) is 118 Å². The highest BCUT2D eigenvalue weighted by atomic mass is 31.2. The fourth-order valence-corrected chi connectivity index (χ4v) is 12.4. The number of ether oxygens (including phenoxy) is 10. The number of phosphoric ester groups is 5. The Morgan fingerprint density at radius 3 is 0.480 bits per heavy atom. The molecule has 0 aromatic carbocycles. The van der Waals surface area contributed by atoms with Gasteiger partial charge in [-0.3, -0.25) is 75.3 Å². The number of carbonyl (C=O) groups excluding carboxylic acids is 10. The molecule has 50 heteroatoms. The molecule has 0 spiro atoms. The third kappa shape index (κ3) is 108. The Bertz CT molecular complexity index is 4250. The summed E-state index contributed by atoms with van der Waals surface area (Å²) in [4.78, 5) is 175. The summed E-state index contributed by atoms with van der Waals surface area (Å²) in [6, 6.07) is 0. The summed E-state index contributed by atoms with van der Waals surface area (Å²) in [5.74, 6) is 47.1. The number of hydrogen-bond donors (Lipinski definition) is 1. The van der Waals surface area contributed by atoms with Crippen molar-refractivity contribution in [1.82, 2.24) is 0 Å². The van der Waals surface area contributed by atoms with Gasteiger partial charge < -0.3 is 130 Å². The predicted molar refractivity (Wildman–Crippen MR) is 545 cm³/mol. The molecular formula is C100H161N5O40P5+. The summed E-state index contributed by atoms with van der Waals surface area (Å²) in [5, 5.41) is 0. The van der Waals surface area contributed by atoms with Gasteiger partial charge in [-0.25, -0.2) is 4.57 Å². The molecule has 0 bridgehead atoms. The van der Waals surface area contributed by atoms with Crippen LogP contribution in [0.1, 0.15) is 198 Å². The lowest BCUT2D eigenvalue weighted by Gasteiger charge is -2.28. The van der Waals surface area contributed by atoms with Crippen LogP contribution in [0, 0.1) is 118 Å². The molecule has 0 radical (unpaired) electrons. The molecule has 10 atom stereocenters. The lowest BCUT2D eigenvalue weighted by molar-refractivity contribution is -0.870. The topological polar surface area (TPSA) is 553 Å². The van der Waals surface area contributed by atoms with Crippen LogP contribution < -0.4 is 19.6 Å². The number of rotatable bonds is 60. The molecule has 150 heavy (non-hydrogen) atoms. The van der Waals surface area contributed by atoms with Crippen molar-refractivity contribution in [3.05, 3.63) is 0 Å². The molecule has 0 saturated heterocycles. The molecule has 1 N–H and O–H groups in total. The molecule has 0 fully saturated rings. The highest BCUT2D eigenvalue weighted by Crippen LogP contribution is 2.44. The Labute approximate surface area is 888 Å². The summed E-state index contributed by atoms with van der Waals surface area (Å²) in [7, 11) is 5.52. The zero-order valence-electron chi connectivity index (χ0n) is 92.0. The number of nitrogens with zero attached hydrogens (tertiary/aromatic N) is 5. The molecule has 45 nitrogen and oxygen atoms in total. The first kappa shape index (κ1) is 149. The van der Waals surface area contributed by atoms with Crippen LogP contribution in [0.5, 0.6) is 0 Å². The first-order chi connectivity index (χ1) is 69.9. The summed E-state index contributed by atoms with van der Waals surface area (Å²) in [5.41, 5.74) is 0. The zero-order chi connectivity index (χ0) is 115. The molecule has 0 aromatic heterocycles. The van der Waals surface area contributed by atoms with Crippen molar-refractivity contribution in [1.29, 1.82) is 0 Å². The summed E-state index contributed by atoms with van der Waals surface area (Å²) in [6.45, 7) is 15.9. The second kappa shape index (κ2) is 87.0. The minimum absolute atomic E-state index is 0.000572. The highest BCUT2D eigenvalue weighted by Gasteiger charge is 2.30. The van der Waals surface area contributed by atoms with E-state index >= 15 is 0 Å². The number of phosphoric acid groups is 5. The van der Waals surface area contributed by atoms with Crippen LogP contribution in [0.25, 0.3) is 0 Å². The van der Waals surface area contributed by atoms with Gasteiger partial charge in [0.1, 0.15) is 163 Å². The van der Waals surface area contributed by atoms with Crippen molar-refractivity contribution >= 4 is 98.8 Å². The Morgan fingerprint density at radius 1 is 0.207 bits per heavy atom. The minimum atomic E-state index is -4.61. The van der Waals surface area contributed by atoms with E-state index in [9.17, 15) is 95.2 Å². The van der Waals surface area contributed by atoms with Crippen molar-refractivity contribution in [2.45, 2.75) is 228 Å². The highest BCUT2D eigenvalue weighted by molar-refractivity contribution is 7.47. The lowest BCUT2D eigenvalue weighted by atomic mass is 10.3. The second-order valence-electron chi connectivity index (χ2n) is 35.8. The number of carbonyl (C=O) groups is 10. The molecule has 0 aromatic rings. The fraction of sp³-hybridized carbons (Fsp3) is 0.700. The van der Waals surface area contributed by atoms with Crippen molar-refractivity contribution in [2.24, 2.45) is 0 Å². The van der Waals surface area contributed by atoms with Crippen LogP contribution in [0.4, 0.5) is 0 Å². The smallest absolute Gasteiger partial charge is 0.472 e. The number of likely N-dealkylation sites (N-methyl/N-ethyl adjacent to an activating group) is 5. The minimum Gasteiger partial charge on any atom is -0.756 e. The quantitative estimate of drug-likeness (QED) is 0.0212. The number of esters is 10. The van der Waals surface area contributed by atoms with Crippen LogP contribution in [-0.2, 0) is 163 Å². The molecule has 0 amide bonds. The first-order valence-electron chi connectivity index (χ1n) is 48.3. The van der Waals surface area contributed by atoms with Crippen LogP contribution >= 0.6 is 39.1 Å². The maximum Gasteiger partial charge on any atom is 0.472 e. The van der Waals surface area contributed by atoms with Gasteiger partial charge in [0.15, 0.2) is 30.5 Å². The summed E-state index contributed by atoms with van der Waals surface area (Å²) >= 11 is 0. The third-order valence-corrected chi connectivity index (χ3v) is 21.0. The molecule has 0 saturated carbocycles. The Balaban J connectivity index is -0.000000584. The molecule has 0 aliphatic rings. The van der Waals surface area contributed by atoms with E-state index in [0.717, 1.165) is 0 Å². The van der Waals surface area contributed by atoms with Crippen LogP contribution in [-0.4, -0.2) is 355 Å². The van der Waals surface area contributed by atoms with Gasteiger partial charge in [0.05, 0.1) is 139 Å². The summed E-state index contributed by atoms with van der Waals surface area (Å²) < 4.78 is 161. The molecule has 0 heterocycles. The molecule has 850 valence electrons. The maximum absolute atomic E-state index is 12.0. The first-order valence-corrected chi connectivity index (χ1v) is 55.6. The van der Waals surface area contributed by atoms with E-state index < -0.39 is 162 Å². The van der Waals surface area contributed by atoms with Gasteiger partial charge in [0, 0.05) is 64.2 Å². The van der Waals surface area contributed by atoms with Gasteiger partial charge in [0.2, 0.25) is 0 Å². The van der Waals surface area contributed by atoms with Crippen molar-refractivity contribution in [3.63, 3.8) is 0 Å². The Morgan fingerprint density at radius 2 is 0.340 bits per heavy atom. The molecular weight excluding hydrogens is 2070 g/mol. The van der Waals surface area contributed by atoms with E-state index in [4.69, 9.17) is 92.6 Å².